The van der Waals surface area contributed by atoms with Crippen molar-refractivity contribution in [2.24, 2.45) is 0 Å². The lowest BCUT2D eigenvalue weighted by Crippen LogP contribution is -2.43. The summed E-state index contributed by atoms with van der Waals surface area (Å²) in [4.78, 5) is 26.2. The van der Waals surface area contributed by atoms with Crippen LogP contribution in [0.3, 0.4) is 0 Å². The highest BCUT2D eigenvalue weighted by molar-refractivity contribution is 7.91. The number of carbonyl (C=O) groups excluding carboxylic acids is 2. The van der Waals surface area contributed by atoms with Gasteiger partial charge >= 0.3 is 12.6 Å². The zero-order valence-electron chi connectivity index (χ0n) is 15.5. The molecule has 0 bridgehead atoms. The number of para-hydroxylation sites is 1. The van der Waals surface area contributed by atoms with Crippen LogP contribution in [0.2, 0.25) is 0 Å². The van der Waals surface area contributed by atoms with Gasteiger partial charge in [-0.2, -0.15) is 8.78 Å². The smallest absolute Gasteiger partial charge is 0.387 e. The molecule has 0 aliphatic carbocycles. The molecule has 1 saturated heterocycles. The van der Waals surface area contributed by atoms with Crippen molar-refractivity contribution in [3.05, 3.63) is 29.8 Å². The summed E-state index contributed by atoms with van der Waals surface area (Å²) in [6.07, 6.45) is 1.83. The molecule has 1 aliphatic heterocycles. The Kier molecular flexibility index (Phi) is 7.73. The summed E-state index contributed by atoms with van der Waals surface area (Å²) >= 11 is 0. The second kappa shape index (κ2) is 9.81. The third-order valence-corrected chi connectivity index (χ3v) is 6.12. The summed E-state index contributed by atoms with van der Waals surface area (Å²) in [6, 6.07) is 4.88. The van der Waals surface area contributed by atoms with E-state index >= 15 is 0 Å². The molecular weight excluding hydrogens is 396 g/mol. The molecule has 0 spiro atoms. The summed E-state index contributed by atoms with van der Waals surface area (Å²) in [7, 11) is -3.18. The lowest BCUT2D eigenvalue weighted by atomic mass is 10.2. The van der Waals surface area contributed by atoms with Gasteiger partial charge in [0.1, 0.15) is 11.3 Å². The molecular formula is C18H23F2NO6S. The van der Waals surface area contributed by atoms with E-state index in [1.54, 1.807) is 0 Å². The Morgan fingerprint density at radius 2 is 2.00 bits per heavy atom. The summed E-state index contributed by atoms with van der Waals surface area (Å²) in [5, 5.41) is 0. The summed E-state index contributed by atoms with van der Waals surface area (Å²) in [6.45, 7) is -1.42. The molecule has 0 saturated carbocycles. The van der Waals surface area contributed by atoms with Crippen molar-refractivity contribution in [1.82, 2.24) is 4.90 Å². The molecule has 1 amide bonds. The van der Waals surface area contributed by atoms with Gasteiger partial charge in [0.15, 0.2) is 16.4 Å². The van der Waals surface area contributed by atoms with Crippen LogP contribution in [0.5, 0.6) is 5.75 Å². The van der Waals surface area contributed by atoms with Gasteiger partial charge in [-0.05, 0) is 25.0 Å². The first-order chi connectivity index (χ1) is 13.2. The highest BCUT2D eigenvalue weighted by atomic mass is 32.2. The van der Waals surface area contributed by atoms with Crippen LogP contribution in [0.1, 0.15) is 36.5 Å². The zero-order valence-corrected chi connectivity index (χ0v) is 16.3. The van der Waals surface area contributed by atoms with E-state index in [1.165, 1.54) is 29.2 Å². The molecule has 1 unspecified atom stereocenters. The Bertz CT molecular complexity index is 799. The van der Waals surface area contributed by atoms with Crippen LogP contribution in [0.4, 0.5) is 8.78 Å². The SMILES string of the molecule is CCCCN(C(=O)COC(=O)c1ccccc1OC(F)F)C1CCS(=O)(=O)C1. The van der Waals surface area contributed by atoms with Crippen LogP contribution >= 0.6 is 0 Å². The number of esters is 1. The van der Waals surface area contributed by atoms with Crippen molar-refractivity contribution in [1.29, 1.82) is 0 Å². The van der Waals surface area contributed by atoms with E-state index in [4.69, 9.17) is 4.74 Å². The van der Waals surface area contributed by atoms with Crippen LogP contribution < -0.4 is 4.74 Å². The van der Waals surface area contributed by atoms with E-state index in [0.717, 1.165) is 6.42 Å². The molecule has 0 radical (unpaired) electrons. The minimum Gasteiger partial charge on any atom is -0.452 e. The summed E-state index contributed by atoms with van der Waals surface area (Å²) in [5.74, 6) is -1.93. The predicted octanol–water partition coefficient (Wildman–Crippen LogP) is 2.26. The normalized spacial score (nSPS) is 18.1. The molecule has 0 aromatic heterocycles. The van der Waals surface area contributed by atoms with E-state index in [1.807, 2.05) is 6.92 Å². The fourth-order valence-corrected chi connectivity index (χ4v) is 4.71. The number of benzene rings is 1. The Morgan fingerprint density at radius 3 is 2.61 bits per heavy atom. The van der Waals surface area contributed by atoms with Gasteiger partial charge < -0.3 is 14.4 Å². The number of nitrogens with zero attached hydrogens (tertiary/aromatic N) is 1. The van der Waals surface area contributed by atoms with Crippen LogP contribution in [-0.4, -0.2) is 62.5 Å². The number of ether oxygens (including phenoxy) is 2. The molecule has 0 N–H and O–H groups in total. The van der Waals surface area contributed by atoms with Crippen molar-refractivity contribution in [3.8, 4) is 5.75 Å². The van der Waals surface area contributed by atoms with Crippen molar-refractivity contribution in [2.45, 2.75) is 38.8 Å². The van der Waals surface area contributed by atoms with Gasteiger partial charge in [-0.25, -0.2) is 13.2 Å². The number of halogens is 2. The Hall–Kier alpha value is -2.23. The average Bonchev–Trinajstić information content (AvgIpc) is 2.99. The number of hydrogen-bond acceptors (Lipinski definition) is 6. The lowest BCUT2D eigenvalue weighted by Gasteiger charge is -2.28. The number of carbonyl (C=O) groups is 2. The predicted molar refractivity (Wildman–Crippen MR) is 97.0 cm³/mol. The molecule has 1 fully saturated rings. The fourth-order valence-electron chi connectivity index (χ4n) is 2.98. The maximum absolute atomic E-state index is 12.5. The van der Waals surface area contributed by atoms with Gasteiger partial charge in [0.2, 0.25) is 0 Å². The van der Waals surface area contributed by atoms with Gasteiger partial charge in [0.05, 0.1) is 11.5 Å². The van der Waals surface area contributed by atoms with Gasteiger partial charge in [0, 0.05) is 12.6 Å². The van der Waals surface area contributed by atoms with Gasteiger partial charge in [0.25, 0.3) is 5.91 Å². The Balaban J connectivity index is 2.03. The standard InChI is InChI=1S/C18H23F2NO6S/c1-2-3-9-21(13-8-10-28(24,25)12-13)16(22)11-26-17(23)14-6-4-5-7-15(14)27-18(19)20/h4-7,13,18H,2-3,8-12H2,1H3. The first-order valence-corrected chi connectivity index (χ1v) is 10.8. The summed E-state index contributed by atoms with van der Waals surface area (Å²) < 4.78 is 57.6. The van der Waals surface area contributed by atoms with Crippen molar-refractivity contribution in [2.75, 3.05) is 24.7 Å². The van der Waals surface area contributed by atoms with E-state index < -0.39 is 41.0 Å². The van der Waals surface area contributed by atoms with Gasteiger partial charge in [-0.1, -0.05) is 25.5 Å². The van der Waals surface area contributed by atoms with E-state index in [-0.39, 0.29) is 22.8 Å². The molecule has 2 rings (SSSR count). The maximum atomic E-state index is 12.5. The molecule has 1 atom stereocenters. The highest BCUT2D eigenvalue weighted by Gasteiger charge is 2.34. The van der Waals surface area contributed by atoms with Crippen LogP contribution in [0.25, 0.3) is 0 Å². The van der Waals surface area contributed by atoms with Crippen molar-refractivity contribution in [3.63, 3.8) is 0 Å². The number of sulfone groups is 1. The van der Waals surface area contributed by atoms with Crippen LogP contribution in [0, 0.1) is 0 Å². The highest BCUT2D eigenvalue weighted by Crippen LogP contribution is 2.22. The third kappa shape index (κ3) is 6.15. The minimum atomic E-state index is -3.18. The Labute approximate surface area is 162 Å². The first kappa shape index (κ1) is 22.1. The molecule has 1 aromatic carbocycles. The van der Waals surface area contributed by atoms with Gasteiger partial charge in [-0.3, -0.25) is 4.79 Å². The second-order valence-corrected chi connectivity index (χ2v) is 8.68. The molecule has 156 valence electrons. The largest absolute Gasteiger partial charge is 0.452 e. The summed E-state index contributed by atoms with van der Waals surface area (Å²) in [5.41, 5.74) is -0.223. The maximum Gasteiger partial charge on any atom is 0.387 e. The molecule has 7 nitrogen and oxygen atoms in total. The topological polar surface area (TPSA) is 90.0 Å². The zero-order chi connectivity index (χ0) is 20.7. The molecule has 1 heterocycles. The van der Waals surface area contributed by atoms with Crippen LogP contribution in [-0.2, 0) is 19.4 Å². The lowest BCUT2D eigenvalue weighted by molar-refractivity contribution is -0.136. The molecule has 10 heteroatoms. The van der Waals surface area contributed by atoms with E-state index in [9.17, 15) is 26.8 Å². The minimum absolute atomic E-state index is 0.0195. The van der Waals surface area contributed by atoms with Crippen molar-refractivity contribution < 1.29 is 36.3 Å². The molecule has 1 aromatic rings. The first-order valence-electron chi connectivity index (χ1n) is 8.94. The van der Waals surface area contributed by atoms with Crippen LogP contribution in [0.15, 0.2) is 24.3 Å². The fraction of sp³-hybridized carbons (Fsp3) is 0.556. The third-order valence-electron chi connectivity index (χ3n) is 4.37. The number of alkyl halides is 2. The second-order valence-electron chi connectivity index (χ2n) is 6.45. The van der Waals surface area contributed by atoms with E-state index in [0.29, 0.717) is 19.4 Å². The van der Waals surface area contributed by atoms with Gasteiger partial charge in [-0.15, -0.1) is 0 Å². The van der Waals surface area contributed by atoms with E-state index in [2.05, 4.69) is 4.74 Å². The monoisotopic (exact) mass is 419 g/mol. The number of rotatable bonds is 9. The quantitative estimate of drug-likeness (QED) is 0.571. The number of amides is 1. The van der Waals surface area contributed by atoms with Crippen molar-refractivity contribution >= 4 is 21.7 Å². The molecule has 1 aliphatic rings. The average molecular weight is 419 g/mol. The number of unbranched alkanes of at least 4 members (excludes halogenated alkanes) is 1. The number of hydrogen-bond donors (Lipinski definition) is 0. The Morgan fingerprint density at radius 1 is 1.29 bits per heavy atom. The molecule has 28 heavy (non-hydrogen) atoms.